The maximum atomic E-state index is 10.2. The van der Waals surface area contributed by atoms with Crippen LogP contribution in [0.15, 0.2) is 36.7 Å². The van der Waals surface area contributed by atoms with Crippen LogP contribution in [0, 0.1) is 6.92 Å². The van der Waals surface area contributed by atoms with Crippen molar-refractivity contribution in [3.05, 3.63) is 42.2 Å². The zero-order chi connectivity index (χ0) is 23.7. The van der Waals surface area contributed by atoms with Crippen LogP contribution in [-0.4, -0.2) is 89.0 Å². The highest BCUT2D eigenvalue weighted by Gasteiger charge is 2.48. The lowest BCUT2D eigenvalue weighted by molar-refractivity contribution is -0.122. The fourth-order valence-electron chi connectivity index (χ4n) is 4.93. The first-order valence-corrected chi connectivity index (χ1v) is 11.4. The van der Waals surface area contributed by atoms with Gasteiger partial charge in [-0.25, -0.2) is 9.97 Å². The SMILES string of the molecule is Cc1ccc2cc(-c3nccn3[C@H]3CO[C@H]4[C@@H]3OC[C@H]4O)c(N3CCOCC3)nc2c1.O=CO. The molecular formula is C24H28N4O6. The Bertz CT molecular complexity index is 1160. The van der Waals surface area contributed by atoms with Gasteiger partial charge in [-0.05, 0) is 24.6 Å². The Kier molecular flexibility index (Phi) is 6.46. The van der Waals surface area contributed by atoms with E-state index in [1.807, 2.05) is 12.4 Å². The van der Waals surface area contributed by atoms with Gasteiger partial charge in [0.05, 0.1) is 43.5 Å². The topological polar surface area (TPSA) is 119 Å². The van der Waals surface area contributed by atoms with Gasteiger partial charge in [0.1, 0.15) is 30.0 Å². The molecule has 1 aromatic carbocycles. The van der Waals surface area contributed by atoms with Crippen LogP contribution in [0.5, 0.6) is 0 Å². The summed E-state index contributed by atoms with van der Waals surface area (Å²) in [4.78, 5) is 20.5. The van der Waals surface area contributed by atoms with Gasteiger partial charge in [-0.2, -0.15) is 0 Å². The number of aliphatic hydroxyl groups is 1. The van der Waals surface area contributed by atoms with E-state index in [1.165, 1.54) is 5.56 Å². The van der Waals surface area contributed by atoms with Crippen molar-refractivity contribution in [2.45, 2.75) is 31.3 Å². The monoisotopic (exact) mass is 468 g/mol. The molecule has 0 spiro atoms. The summed E-state index contributed by atoms with van der Waals surface area (Å²) < 4.78 is 19.5. The second-order valence-electron chi connectivity index (χ2n) is 8.65. The number of hydrogen-bond acceptors (Lipinski definition) is 8. The molecule has 0 bridgehead atoms. The van der Waals surface area contributed by atoms with Crippen molar-refractivity contribution in [3.63, 3.8) is 0 Å². The van der Waals surface area contributed by atoms with Gasteiger partial charge in [0.15, 0.2) is 0 Å². The standard InChI is InChI=1S/C23H26N4O4.CH2O2/c1-14-2-3-15-11-16(23(25-17(15)10-14)26-6-8-29-9-7-26)22-24-4-5-27(22)18-12-30-21-19(28)13-31-20(18)21;2-1-3/h2-5,10-11,18-21,28H,6-9,12-13H2,1H3;1H,(H,2,3)/t18-,19+,20+,21+;/m0./s1. The number of benzene rings is 1. The molecule has 3 saturated heterocycles. The van der Waals surface area contributed by atoms with E-state index < -0.39 is 6.10 Å². The largest absolute Gasteiger partial charge is 0.483 e. The maximum Gasteiger partial charge on any atom is 0.290 e. The lowest BCUT2D eigenvalue weighted by atomic mass is 10.1. The van der Waals surface area contributed by atoms with Crippen molar-refractivity contribution in [3.8, 4) is 11.4 Å². The first-order chi connectivity index (χ1) is 16.6. The highest BCUT2D eigenvalue weighted by Crippen LogP contribution is 2.39. The van der Waals surface area contributed by atoms with Crippen molar-refractivity contribution in [1.29, 1.82) is 0 Å². The summed E-state index contributed by atoms with van der Waals surface area (Å²) in [5.74, 6) is 1.77. The number of imidazole rings is 1. The molecule has 3 fully saturated rings. The zero-order valence-corrected chi connectivity index (χ0v) is 18.9. The third kappa shape index (κ3) is 4.14. The van der Waals surface area contributed by atoms with E-state index in [4.69, 9.17) is 34.1 Å². The molecule has 180 valence electrons. The van der Waals surface area contributed by atoms with E-state index in [0.717, 1.165) is 41.2 Å². The first-order valence-electron chi connectivity index (χ1n) is 11.4. The van der Waals surface area contributed by atoms with Crippen LogP contribution in [0.2, 0.25) is 0 Å². The summed E-state index contributed by atoms with van der Waals surface area (Å²) in [6.45, 7) is 5.60. The van der Waals surface area contributed by atoms with Crippen LogP contribution < -0.4 is 4.90 Å². The van der Waals surface area contributed by atoms with Crippen molar-refractivity contribution in [1.82, 2.24) is 14.5 Å². The van der Waals surface area contributed by atoms with Gasteiger partial charge in [0.2, 0.25) is 0 Å². The maximum absolute atomic E-state index is 10.2. The quantitative estimate of drug-likeness (QED) is 0.553. The van der Waals surface area contributed by atoms with Crippen LogP contribution in [-0.2, 0) is 19.0 Å². The molecule has 0 aliphatic carbocycles. The minimum absolute atomic E-state index is 0.0362. The Balaban J connectivity index is 0.000000764. The normalized spacial score (nSPS) is 26.2. The summed E-state index contributed by atoms with van der Waals surface area (Å²) in [7, 11) is 0. The Hall–Kier alpha value is -3.05. The molecule has 0 saturated carbocycles. The van der Waals surface area contributed by atoms with Gasteiger partial charge in [0, 0.05) is 30.9 Å². The van der Waals surface area contributed by atoms with Crippen molar-refractivity contribution in [2.24, 2.45) is 0 Å². The number of hydrogen-bond donors (Lipinski definition) is 2. The number of pyridine rings is 1. The Morgan fingerprint density at radius 2 is 1.88 bits per heavy atom. The number of aromatic nitrogens is 3. The van der Waals surface area contributed by atoms with Gasteiger partial charge in [0.25, 0.3) is 6.47 Å². The second-order valence-corrected chi connectivity index (χ2v) is 8.65. The highest BCUT2D eigenvalue weighted by molar-refractivity contribution is 5.88. The fraction of sp³-hybridized carbons (Fsp3) is 0.458. The molecule has 6 rings (SSSR count). The number of carbonyl (C=O) groups is 1. The van der Waals surface area contributed by atoms with Crippen LogP contribution in [0.25, 0.3) is 22.3 Å². The Morgan fingerprint density at radius 3 is 2.68 bits per heavy atom. The molecule has 0 unspecified atom stereocenters. The van der Waals surface area contributed by atoms with Gasteiger partial charge >= 0.3 is 0 Å². The van der Waals surface area contributed by atoms with Crippen LogP contribution in [0.3, 0.4) is 0 Å². The number of aryl methyl sites for hydroxylation is 1. The second kappa shape index (κ2) is 9.67. The lowest BCUT2D eigenvalue weighted by Gasteiger charge is -2.30. The Labute approximate surface area is 196 Å². The molecule has 2 aromatic heterocycles. The predicted octanol–water partition coefficient (Wildman–Crippen LogP) is 1.64. The number of nitrogens with zero attached hydrogens (tertiary/aromatic N) is 4. The summed E-state index contributed by atoms with van der Waals surface area (Å²) in [6, 6.07) is 8.49. The van der Waals surface area contributed by atoms with E-state index in [2.05, 4.69) is 40.7 Å². The molecule has 3 aromatic rings. The highest BCUT2D eigenvalue weighted by atomic mass is 16.6. The van der Waals surface area contributed by atoms with E-state index in [-0.39, 0.29) is 24.7 Å². The van der Waals surface area contributed by atoms with Crippen LogP contribution >= 0.6 is 0 Å². The molecule has 0 amide bonds. The number of aliphatic hydroxyl groups excluding tert-OH is 1. The molecule has 3 aliphatic rings. The van der Waals surface area contributed by atoms with Crippen LogP contribution in [0.4, 0.5) is 5.82 Å². The third-order valence-electron chi connectivity index (χ3n) is 6.53. The minimum Gasteiger partial charge on any atom is -0.483 e. The number of anilines is 1. The van der Waals surface area contributed by atoms with Gasteiger partial charge < -0.3 is 33.9 Å². The molecule has 4 atom stereocenters. The third-order valence-corrected chi connectivity index (χ3v) is 6.53. The minimum atomic E-state index is -0.573. The molecule has 2 N–H and O–H groups in total. The molecule has 5 heterocycles. The van der Waals surface area contributed by atoms with Gasteiger partial charge in [-0.3, -0.25) is 4.79 Å². The van der Waals surface area contributed by atoms with Gasteiger partial charge in [-0.1, -0.05) is 12.1 Å². The molecule has 34 heavy (non-hydrogen) atoms. The van der Waals surface area contributed by atoms with E-state index >= 15 is 0 Å². The van der Waals surface area contributed by atoms with Gasteiger partial charge in [-0.15, -0.1) is 0 Å². The summed E-state index contributed by atoms with van der Waals surface area (Å²) >= 11 is 0. The molecule has 0 radical (unpaired) electrons. The van der Waals surface area contributed by atoms with Crippen molar-refractivity contribution in [2.75, 3.05) is 44.4 Å². The van der Waals surface area contributed by atoms with E-state index in [0.29, 0.717) is 26.4 Å². The number of rotatable bonds is 3. The number of carboxylic acid groups (broad SMARTS) is 1. The molecular weight excluding hydrogens is 440 g/mol. The average Bonchev–Trinajstić information content (AvgIpc) is 3.57. The van der Waals surface area contributed by atoms with E-state index in [9.17, 15) is 5.11 Å². The smallest absolute Gasteiger partial charge is 0.290 e. The molecule has 10 heteroatoms. The number of ether oxygens (including phenoxy) is 3. The number of fused-ring (bicyclic) bond motifs is 2. The van der Waals surface area contributed by atoms with Crippen molar-refractivity contribution < 1.29 is 29.2 Å². The summed E-state index contributed by atoms with van der Waals surface area (Å²) in [5, 5.41) is 18.1. The number of morpholine rings is 1. The molecule has 3 aliphatic heterocycles. The van der Waals surface area contributed by atoms with Crippen molar-refractivity contribution >= 4 is 23.2 Å². The van der Waals surface area contributed by atoms with Crippen LogP contribution in [0.1, 0.15) is 11.6 Å². The van der Waals surface area contributed by atoms with E-state index in [1.54, 1.807) is 0 Å². The zero-order valence-electron chi connectivity index (χ0n) is 18.9. The molecule has 10 nitrogen and oxygen atoms in total. The summed E-state index contributed by atoms with van der Waals surface area (Å²) in [6.07, 6.45) is 2.76. The first kappa shape index (κ1) is 22.7. The predicted molar refractivity (Wildman–Crippen MR) is 124 cm³/mol. The summed E-state index contributed by atoms with van der Waals surface area (Å²) in [5.41, 5.74) is 3.16. The Morgan fingerprint density at radius 1 is 1.12 bits per heavy atom. The average molecular weight is 469 g/mol. The lowest BCUT2D eigenvalue weighted by Crippen LogP contribution is -2.37. The fourth-order valence-corrected chi connectivity index (χ4v) is 4.93.